The van der Waals surface area contributed by atoms with Crippen LogP contribution in [0.5, 0.6) is 0 Å². The number of aromatic nitrogens is 3. The molecule has 3 aromatic heterocycles. The number of fused-ring (bicyclic) bond motifs is 1. The number of anilines is 1. The molecule has 4 rings (SSSR count). The normalized spacial score (nSPS) is 10.7. The highest BCUT2D eigenvalue weighted by atomic mass is 79.9. The highest BCUT2D eigenvalue weighted by Crippen LogP contribution is 2.25. The molecule has 9 heteroatoms. The number of rotatable bonds is 5. The van der Waals surface area contributed by atoms with E-state index in [4.69, 9.17) is 4.74 Å². The first-order valence-electron chi connectivity index (χ1n) is 8.49. The van der Waals surface area contributed by atoms with Crippen LogP contribution in [0.2, 0.25) is 0 Å². The van der Waals surface area contributed by atoms with Crippen molar-refractivity contribution in [2.24, 2.45) is 0 Å². The maximum Gasteiger partial charge on any atom is 0.339 e. The van der Waals surface area contributed by atoms with Gasteiger partial charge in [0.25, 0.3) is 5.91 Å². The number of amides is 1. The van der Waals surface area contributed by atoms with Crippen molar-refractivity contribution in [3.8, 4) is 11.4 Å². The van der Waals surface area contributed by atoms with Crippen LogP contribution in [0.1, 0.15) is 10.4 Å². The Bertz CT molecular complexity index is 1200. The van der Waals surface area contributed by atoms with Gasteiger partial charge in [0.1, 0.15) is 0 Å². The number of carbonyl (C=O) groups excluding carboxylic acids is 2. The molecule has 0 saturated heterocycles. The fraction of sp³-hybridized carbons (Fsp3) is 0.0500. The lowest BCUT2D eigenvalue weighted by Gasteiger charge is -2.09. The molecule has 1 N–H and O–H groups in total. The van der Waals surface area contributed by atoms with Gasteiger partial charge in [0.05, 0.1) is 32.5 Å². The van der Waals surface area contributed by atoms with Gasteiger partial charge in [-0.05, 0) is 40.2 Å². The lowest BCUT2D eigenvalue weighted by molar-refractivity contribution is -0.119. The molecule has 0 bridgehead atoms. The standard InChI is InChI=1S/C20H13BrN4O3S/c21-17-10-23-20(29-17)25-18(26)11-28-19(27)13-9-16(15-7-3-4-8-22-15)24-14-6-2-1-5-12(13)14/h1-10H,11H2,(H,23,25,26). The van der Waals surface area contributed by atoms with Crippen LogP contribution >= 0.6 is 27.3 Å². The monoisotopic (exact) mass is 468 g/mol. The summed E-state index contributed by atoms with van der Waals surface area (Å²) in [6.07, 6.45) is 3.24. The van der Waals surface area contributed by atoms with Crippen LogP contribution in [0.4, 0.5) is 5.13 Å². The Hall–Kier alpha value is -3.17. The fourth-order valence-corrected chi connectivity index (χ4v) is 3.79. The summed E-state index contributed by atoms with van der Waals surface area (Å²) in [5.74, 6) is -1.08. The van der Waals surface area contributed by atoms with Crippen LogP contribution in [-0.4, -0.2) is 33.4 Å². The number of carbonyl (C=O) groups is 2. The number of benzene rings is 1. The Balaban J connectivity index is 1.57. The Morgan fingerprint density at radius 2 is 1.90 bits per heavy atom. The van der Waals surface area contributed by atoms with Gasteiger partial charge in [-0.15, -0.1) is 0 Å². The highest BCUT2D eigenvalue weighted by molar-refractivity contribution is 9.11. The number of pyridine rings is 2. The van der Waals surface area contributed by atoms with Crippen molar-refractivity contribution in [2.75, 3.05) is 11.9 Å². The molecule has 0 unspecified atom stereocenters. The molecule has 29 heavy (non-hydrogen) atoms. The summed E-state index contributed by atoms with van der Waals surface area (Å²) in [6.45, 7) is -0.425. The van der Waals surface area contributed by atoms with Crippen LogP contribution in [-0.2, 0) is 9.53 Å². The van der Waals surface area contributed by atoms with Crippen molar-refractivity contribution in [3.63, 3.8) is 0 Å². The molecule has 7 nitrogen and oxygen atoms in total. The van der Waals surface area contributed by atoms with E-state index in [1.54, 1.807) is 30.6 Å². The third-order valence-electron chi connectivity index (χ3n) is 3.92. The quantitative estimate of drug-likeness (QED) is 0.438. The molecule has 1 amide bonds. The maximum absolute atomic E-state index is 12.7. The SMILES string of the molecule is O=C(COC(=O)c1cc(-c2ccccn2)nc2ccccc12)Nc1ncc(Br)s1. The largest absolute Gasteiger partial charge is 0.452 e. The third-order valence-corrected chi connectivity index (χ3v) is 5.31. The summed E-state index contributed by atoms with van der Waals surface area (Å²) in [5, 5.41) is 3.64. The van der Waals surface area contributed by atoms with E-state index in [-0.39, 0.29) is 0 Å². The minimum absolute atomic E-state index is 0.320. The van der Waals surface area contributed by atoms with Gasteiger partial charge in [-0.1, -0.05) is 35.6 Å². The van der Waals surface area contributed by atoms with E-state index in [0.717, 1.165) is 3.79 Å². The smallest absolute Gasteiger partial charge is 0.339 e. The van der Waals surface area contributed by atoms with Crippen molar-refractivity contribution >= 4 is 55.2 Å². The Labute approximate surface area is 177 Å². The zero-order chi connectivity index (χ0) is 20.2. The van der Waals surface area contributed by atoms with Crippen LogP contribution in [0.25, 0.3) is 22.3 Å². The molecule has 0 aliphatic heterocycles. The van der Waals surface area contributed by atoms with Crippen LogP contribution in [0.15, 0.2) is 64.7 Å². The van der Waals surface area contributed by atoms with Crippen molar-refractivity contribution < 1.29 is 14.3 Å². The second-order valence-corrected chi connectivity index (χ2v) is 8.29. The summed E-state index contributed by atoms with van der Waals surface area (Å²) in [4.78, 5) is 37.7. The average Bonchev–Trinajstić information content (AvgIpc) is 3.16. The Morgan fingerprint density at radius 3 is 2.66 bits per heavy atom. The van der Waals surface area contributed by atoms with Crippen molar-refractivity contribution in [1.29, 1.82) is 0 Å². The van der Waals surface area contributed by atoms with Gasteiger partial charge in [0.15, 0.2) is 11.7 Å². The zero-order valence-corrected chi connectivity index (χ0v) is 17.2. The van der Waals surface area contributed by atoms with Gasteiger partial charge in [-0.25, -0.2) is 14.8 Å². The summed E-state index contributed by atoms with van der Waals surface area (Å²) in [5.41, 5.74) is 2.15. The first-order valence-corrected chi connectivity index (χ1v) is 10.1. The molecular weight excluding hydrogens is 456 g/mol. The van der Waals surface area contributed by atoms with Crippen LogP contribution in [0.3, 0.4) is 0 Å². The predicted octanol–water partition coefficient (Wildman–Crippen LogP) is 4.31. The Kier molecular flexibility index (Phi) is 5.59. The molecule has 0 aliphatic rings. The van der Waals surface area contributed by atoms with Crippen molar-refractivity contribution in [1.82, 2.24) is 15.0 Å². The summed E-state index contributed by atoms with van der Waals surface area (Å²) in [6, 6.07) is 14.3. The van der Waals surface area contributed by atoms with E-state index in [0.29, 0.717) is 33.0 Å². The number of para-hydroxylation sites is 1. The maximum atomic E-state index is 12.7. The van der Waals surface area contributed by atoms with E-state index in [1.165, 1.54) is 11.3 Å². The predicted molar refractivity (Wildman–Crippen MR) is 114 cm³/mol. The minimum Gasteiger partial charge on any atom is -0.452 e. The van der Waals surface area contributed by atoms with Gasteiger partial charge in [-0.2, -0.15) is 0 Å². The fourth-order valence-electron chi connectivity index (χ4n) is 2.67. The number of thiazole rings is 1. The molecule has 0 saturated carbocycles. The van der Waals surface area contributed by atoms with Gasteiger partial charge in [0.2, 0.25) is 0 Å². The van der Waals surface area contributed by atoms with Gasteiger partial charge >= 0.3 is 5.97 Å². The van der Waals surface area contributed by atoms with E-state index < -0.39 is 18.5 Å². The molecule has 0 spiro atoms. The second kappa shape index (κ2) is 8.46. The van der Waals surface area contributed by atoms with E-state index >= 15 is 0 Å². The molecule has 4 aromatic rings. The number of esters is 1. The number of halogens is 1. The van der Waals surface area contributed by atoms with E-state index in [2.05, 4.69) is 36.2 Å². The summed E-state index contributed by atoms with van der Waals surface area (Å²) >= 11 is 4.54. The number of hydrogen-bond donors (Lipinski definition) is 1. The molecule has 0 radical (unpaired) electrons. The minimum atomic E-state index is -0.615. The molecular formula is C20H13BrN4O3S. The third kappa shape index (κ3) is 4.47. The number of ether oxygens (including phenoxy) is 1. The second-order valence-electron chi connectivity index (χ2n) is 5.88. The van der Waals surface area contributed by atoms with Crippen molar-refractivity contribution in [3.05, 3.63) is 70.3 Å². The van der Waals surface area contributed by atoms with Crippen molar-refractivity contribution in [2.45, 2.75) is 0 Å². The molecule has 3 heterocycles. The van der Waals surface area contributed by atoms with E-state index in [9.17, 15) is 9.59 Å². The number of hydrogen-bond acceptors (Lipinski definition) is 7. The Morgan fingerprint density at radius 1 is 1.07 bits per heavy atom. The molecule has 0 fully saturated rings. The molecule has 144 valence electrons. The van der Waals surface area contributed by atoms with Gasteiger partial charge < -0.3 is 4.74 Å². The van der Waals surface area contributed by atoms with Crippen LogP contribution in [0, 0.1) is 0 Å². The number of nitrogens with one attached hydrogen (secondary N) is 1. The first-order chi connectivity index (χ1) is 14.1. The summed E-state index contributed by atoms with van der Waals surface area (Å²) < 4.78 is 6.02. The van der Waals surface area contributed by atoms with Gasteiger partial charge in [0, 0.05) is 11.6 Å². The van der Waals surface area contributed by atoms with Crippen LogP contribution < -0.4 is 5.32 Å². The lowest BCUT2D eigenvalue weighted by Crippen LogP contribution is -2.21. The van der Waals surface area contributed by atoms with E-state index in [1.807, 2.05) is 30.3 Å². The lowest BCUT2D eigenvalue weighted by atomic mass is 10.1. The molecule has 0 atom stereocenters. The highest BCUT2D eigenvalue weighted by Gasteiger charge is 2.17. The zero-order valence-electron chi connectivity index (χ0n) is 14.8. The topological polar surface area (TPSA) is 94.1 Å². The molecule has 1 aromatic carbocycles. The average molecular weight is 469 g/mol. The first kappa shape index (κ1) is 19.2. The summed E-state index contributed by atoms with van der Waals surface area (Å²) in [7, 11) is 0. The number of nitrogens with zero attached hydrogens (tertiary/aromatic N) is 3. The van der Waals surface area contributed by atoms with Gasteiger partial charge in [-0.3, -0.25) is 15.1 Å². The molecule has 0 aliphatic carbocycles.